The predicted molar refractivity (Wildman–Crippen MR) is 207 cm³/mol. The normalized spacial score (nSPS) is 12.2. The third-order valence-electron chi connectivity index (χ3n) is 9.60. The molecule has 0 aliphatic heterocycles. The second-order valence-electron chi connectivity index (χ2n) is 12.8. The summed E-state index contributed by atoms with van der Waals surface area (Å²) in [5.41, 5.74) is 14.2. The third kappa shape index (κ3) is 5.91. The number of aromatic nitrogens is 3. The molecule has 1 aliphatic carbocycles. The van der Waals surface area contributed by atoms with E-state index in [2.05, 4.69) is 164 Å². The first kappa shape index (κ1) is 29.7. The summed E-state index contributed by atoms with van der Waals surface area (Å²) in [4.78, 5) is 15.0. The molecule has 2 heterocycles. The molecule has 0 saturated carbocycles. The summed E-state index contributed by atoms with van der Waals surface area (Å²) >= 11 is 0. The van der Waals surface area contributed by atoms with E-state index in [1.54, 1.807) is 0 Å². The van der Waals surface area contributed by atoms with Crippen LogP contribution in [-0.2, 0) is 6.42 Å². The highest BCUT2D eigenvalue weighted by atomic mass is 14.9. The number of benzene rings is 6. The van der Waals surface area contributed by atoms with Crippen LogP contribution in [0.2, 0.25) is 0 Å². The van der Waals surface area contributed by atoms with Gasteiger partial charge in [-0.05, 0) is 75.2 Å². The Labute approximate surface area is 292 Å². The van der Waals surface area contributed by atoms with Gasteiger partial charge >= 0.3 is 0 Å². The molecule has 0 fully saturated rings. The minimum Gasteiger partial charge on any atom is -0.260 e. The van der Waals surface area contributed by atoms with Gasteiger partial charge in [-0.1, -0.05) is 152 Å². The molecule has 0 spiro atoms. The highest BCUT2D eigenvalue weighted by molar-refractivity contribution is 5.87. The standard InChI is InChI=1S/C47H33N3/c1-2-8-32(9-3-1)34-14-21-37(22-15-34)45-30-46(38-23-16-36(17-24-38)43-29-42-12-6-7-13-44(42)48-31-43)50-47(49-45)39-25-18-35(19-26-39)41-27-20-33-10-4-5-11-40(33)28-41/h1-6,8-12,14-31H,7,13H2. The molecular weight excluding hydrogens is 607 g/mol. The summed E-state index contributed by atoms with van der Waals surface area (Å²) < 4.78 is 0. The maximum absolute atomic E-state index is 5.14. The van der Waals surface area contributed by atoms with Crippen LogP contribution < -0.4 is 0 Å². The minimum absolute atomic E-state index is 0.699. The maximum atomic E-state index is 5.14. The topological polar surface area (TPSA) is 38.7 Å². The fourth-order valence-corrected chi connectivity index (χ4v) is 6.80. The highest BCUT2D eigenvalue weighted by Gasteiger charge is 2.13. The largest absolute Gasteiger partial charge is 0.260 e. The van der Waals surface area contributed by atoms with E-state index in [0.29, 0.717) is 5.82 Å². The van der Waals surface area contributed by atoms with E-state index in [1.807, 2.05) is 12.3 Å². The van der Waals surface area contributed by atoms with Crippen LogP contribution in [0.25, 0.3) is 84.1 Å². The molecule has 236 valence electrons. The van der Waals surface area contributed by atoms with Crippen molar-refractivity contribution in [2.75, 3.05) is 0 Å². The number of rotatable bonds is 6. The number of allylic oxidation sites excluding steroid dienone is 1. The lowest BCUT2D eigenvalue weighted by molar-refractivity contribution is 0.928. The average molecular weight is 640 g/mol. The van der Waals surface area contributed by atoms with E-state index < -0.39 is 0 Å². The van der Waals surface area contributed by atoms with Crippen molar-refractivity contribution in [3.05, 3.63) is 181 Å². The Hall–Kier alpha value is -6.45. The molecule has 0 unspecified atom stereocenters. The molecule has 0 bridgehead atoms. The summed E-state index contributed by atoms with van der Waals surface area (Å²) in [7, 11) is 0. The first-order valence-corrected chi connectivity index (χ1v) is 17.1. The van der Waals surface area contributed by atoms with Gasteiger partial charge in [-0.25, -0.2) is 9.97 Å². The van der Waals surface area contributed by atoms with Gasteiger partial charge in [0.15, 0.2) is 5.82 Å². The molecule has 0 radical (unpaired) electrons. The summed E-state index contributed by atoms with van der Waals surface area (Å²) in [6, 6.07) is 55.8. The smallest absolute Gasteiger partial charge is 0.160 e. The van der Waals surface area contributed by atoms with E-state index in [0.717, 1.165) is 57.6 Å². The van der Waals surface area contributed by atoms with Crippen LogP contribution in [0.5, 0.6) is 0 Å². The number of pyridine rings is 1. The SMILES string of the molecule is C1=Cc2cc(-c3ccc(-c4cc(-c5ccc(-c6ccccc6)cc5)nc(-c5ccc(-c6ccc7ccccc7c6)cc5)n4)cc3)cnc2CC1. The number of nitrogens with zero attached hydrogens (tertiary/aromatic N) is 3. The van der Waals surface area contributed by atoms with Crippen LogP contribution >= 0.6 is 0 Å². The summed E-state index contributed by atoms with van der Waals surface area (Å²) in [5.74, 6) is 0.699. The molecule has 0 N–H and O–H groups in total. The maximum Gasteiger partial charge on any atom is 0.160 e. The van der Waals surface area contributed by atoms with Crippen molar-refractivity contribution in [2.24, 2.45) is 0 Å². The molecule has 0 atom stereocenters. The Balaban J connectivity index is 1.08. The van der Waals surface area contributed by atoms with Crippen LogP contribution in [0, 0.1) is 0 Å². The average Bonchev–Trinajstić information content (AvgIpc) is 3.21. The minimum atomic E-state index is 0.699. The van der Waals surface area contributed by atoms with Crippen molar-refractivity contribution in [1.29, 1.82) is 0 Å². The van der Waals surface area contributed by atoms with Gasteiger partial charge in [0.2, 0.25) is 0 Å². The van der Waals surface area contributed by atoms with Gasteiger partial charge in [-0.15, -0.1) is 0 Å². The van der Waals surface area contributed by atoms with Crippen molar-refractivity contribution in [3.8, 4) is 67.3 Å². The Kier molecular flexibility index (Phi) is 7.64. The van der Waals surface area contributed by atoms with Gasteiger partial charge < -0.3 is 0 Å². The van der Waals surface area contributed by atoms with Crippen molar-refractivity contribution in [2.45, 2.75) is 12.8 Å². The molecule has 50 heavy (non-hydrogen) atoms. The first-order chi connectivity index (χ1) is 24.7. The Morgan fingerprint density at radius 1 is 0.400 bits per heavy atom. The molecular formula is C47H33N3. The number of hydrogen-bond donors (Lipinski definition) is 0. The highest BCUT2D eigenvalue weighted by Crippen LogP contribution is 2.33. The fourth-order valence-electron chi connectivity index (χ4n) is 6.80. The zero-order valence-corrected chi connectivity index (χ0v) is 27.5. The fraction of sp³-hybridized carbons (Fsp3) is 0.0426. The Morgan fingerprint density at radius 3 is 1.64 bits per heavy atom. The molecule has 3 nitrogen and oxygen atoms in total. The molecule has 3 heteroatoms. The summed E-state index contributed by atoms with van der Waals surface area (Å²) in [6.45, 7) is 0. The van der Waals surface area contributed by atoms with Gasteiger partial charge in [0.25, 0.3) is 0 Å². The molecule has 9 rings (SSSR count). The van der Waals surface area contributed by atoms with Crippen molar-refractivity contribution in [3.63, 3.8) is 0 Å². The van der Waals surface area contributed by atoms with Gasteiger partial charge in [-0.2, -0.15) is 0 Å². The quantitative estimate of drug-likeness (QED) is 0.182. The molecule has 2 aromatic heterocycles. The lowest BCUT2D eigenvalue weighted by atomic mass is 9.97. The molecule has 8 aromatic rings. The van der Waals surface area contributed by atoms with Crippen molar-refractivity contribution >= 4 is 16.8 Å². The van der Waals surface area contributed by atoms with Gasteiger partial charge in [-0.3, -0.25) is 4.98 Å². The van der Waals surface area contributed by atoms with Crippen molar-refractivity contribution in [1.82, 2.24) is 15.0 Å². The molecule has 0 saturated heterocycles. The van der Waals surface area contributed by atoms with Crippen LogP contribution in [0.1, 0.15) is 17.7 Å². The van der Waals surface area contributed by atoms with Crippen LogP contribution in [-0.4, -0.2) is 15.0 Å². The van der Waals surface area contributed by atoms with E-state index in [-0.39, 0.29) is 0 Å². The Bertz CT molecular complexity index is 2500. The van der Waals surface area contributed by atoms with E-state index in [1.165, 1.54) is 38.7 Å². The van der Waals surface area contributed by atoms with Crippen molar-refractivity contribution < 1.29 is 0 Å². The monoisotopic (exact) mass is 639 g/mol. The van der Waals surface area contributed by atoms with Crippen LogP contribution in [0.15, 0.2) is 170 Å². The second kappa shape index (κ2) is 12.9. The van der Waals surface area contributed by atoms with Gasteiger partial charge in [0, 0.05) is 34.1 Å². The zero-order chi connectivity index (χ0) is 33.3. The second-order valence-corrected chi connectivity index (χ2v) is 12.8. The number of aryl methyl sites for hydroxylation is 1. The lowest BCUT2D eigenvalue weighted by Gasteiger charge is -2.12. The number of hydrogen-bond acceptors (Lipinski definition) is 3. The summed E-state index contributed by atoms with van der Waals surface area (Å²) in [6.07, 6.45) is 8.48. The zero-order valence-electron chi connectivity index (χ0n) is 27.5. The Morgan fingerprint density at radius 2 is 0.940 bits per heavy atom. The molecule has 6 aromatic carbocycles. The predicted octanol–water partition coefficient (Wildman–Crippen LogP) is 12.0. The van der Waals surface area contributed by atoms with Crippen LogP contribution in [0.4, 0.5) is 0 Å². The number of fused-ring (bicyclic) bond motifs is 2. The lowest BCUT2D eigenvalue weighted by Crippen LogP contribution is -1.98. The third-order valence-corrected chi connectivity index (χ3v) is 9.60. The van der Waals surface area contributed by atoms with E-state index in [9.17, 15) is 0 Å². The van der Waals surface area contributed by atoms with Crippen LogP contribution in [0.3, 0.4) is 0 Å². The van der Waals surface area contributed by atoms with E-state index in [4.69, 9.17) is 15.0 Å². The molecule has 0 amide bonds. The first-order valence-electron chi connectivity index (χ1n) is 17.1. The summed E-state index contributed by atoms with van der Waals surface area (Å²) in [5, 5.41) is 2.48. The van der Waals surface area contributed by atoms with Gasteiger partial charge in [0.1, 0.15) is 0 Å². The van der Waals surface area contributed by atoms with E-state index >= 15 is 0 Å². The van der Waals surface area contributed by atoms with Gasteiger partial charge in [0.05, 0.1) is 11.4 Å². The molecule has 1 aliphatic rings.